The van der Waals surface area contributed by atoms with Crippen molar-refractivity contribution < 1.29 is 18.3 Å². The van der Waals surface area contributed by atoms with Gasteiger partial charge in [-0.1, -0.05) is 27.7 Å². The highest BCUT2D eigenvalue weighted by molar-refractivity contribution is 9.10. The molecule has 0 fully saturated rings. The molecule has 3 aromatic rings. The van der Waals surface area contributed by atoms with Gasteiger partial charge in [0.05, 0.1) is 16.2 Å². The Bertz CT molecular complexity index is 1120. The summed E-state index contributed by atoms with van der Waals surface area (Å²) in [6.45, 7) is 0. The summed E-state index contributed by atoms with van der Waals surface area (Å²) in [5.41, 5.74) is 0.917. The SMILES string of the molecule is NS(=O)(=O)c1ccc(NC(=O)CSc2n[nH]c(-c3cc(Br)ccc3O)n2)cc1. The molecule has 0 aliphatic carbocycles. The maximum Gasteiger partial charge on any atom is 0.238 e. The van der Waals surface area contributed by atoms with Crippen molar-refractivity contribution in [3.8, 4) is 17.1 Å². The van der Waals surface area contributed by atoms with Gasteiger partial charge in [0, 0.05) is 10.2 Å². The smallest absolute Gasteiger partial charge is 0.238 e. The standard InChI is InChI=1S/C16H14BrN5O4S2/c17-9-1-6-13(23)12(7-9)15-20-16(22-21-15)27-8-14(24)19-10-2-4-11(5-3-10)28(18,25)26/h1-7,23H,8H2,(H,19,24)(H2,18,25,26)(H,20,21,22). The van der Waals surface area contributed by atoms with E-state index in [0.29, 0.717) is 22.2 Å². The zero-order valence-corrected chi connectivity index (χ0v) is 17.3. The number of thioether (sulfide) groups is 1. The number of anilines is 1. The maximum absolute atomic E-state index is 12.1. The van der Waals surface area contributed by atoms with Crippen LogP contribution in [0.2, 0.25) is 0 Å². The molecule has 0 unspecified atom stereocenters. The van der Waals surface area contributed by atoms with E-state index in [2.05, 4.69) is 36.4 Å². The molecule has 3 rings (SSSR count). The molecule has 0 spiro atoms. The first-order valence-electron chi connectivity index (χ1n) is 7.69. The number of H-pyrrole nitrogens is 1. The number of phenols is 1. The van der Waals surface area contributed by atoms with E-state index in [1.165, 1.54) is 30.3 Å². The molecule has 0 saturated carbocycles. The van der Waals surface area contributed by atoms with E-state index in [9.17, 15) is 18.3 Å². The summed E-state index contributed by atoms with van der Waals surface area (Å²) in [7, 11) is -3.78. The number of carbonyl (C=O) groups is 1. The van der Waals surface area contributed by atoms with Crippen LogP contribution in [-0.2, 0) is 14.8 Å². The second kappa shape index (κ2) is 8.31. The number of aromatic nitrogens is 3. The number of aromatic amines is 1. The third kappa shape index (κ3) is 5.10. The molecule has 28 heavy (non-hydrogen) atoms. The van der Waals surface area contributed by atoms with Crippen LogP contribution in [0.1, 0.15) is 0 Å². The average Bonchev–Trinajstić information content (AvgIpc) is 3.10. The molecular weight excluding hydrogens is 470 g/mol. The third-order valence-electron chi connectivity index (χ3n) is 3.48. The molecule has 2 aromatic carbocycles. The first-order chi connectivity index (χ1) is 13.2. The second-order valence-corrected chi connectivity index (χ2v) is 8.95. The summed E-state index contributed by atoms with van der Waals surface area (Å²) in [4.78, 5) is 16.3. The Kier molecular flexibility index (Phi) is 6.03. The van der Waals surface area contributed by atoms with Gasteiger partial charge in [-0.2, -0.15) is 0 Å². The number of nitrogens with two attached hydrogens (primary N) is 1. The number of nitrogens with zero attached hydrogens (tertiary/aromatic N) is 2. The summed E-state index contributed by atoms with van der Waals surface area (Å²) in [6, 6.07) is 10.4. The topological polar surface area (TPSA) is 151 Å². The van der Waals surface area contributed by atoms with Crippen molar-refractivity contribution in [2.45, 2.75) is 10.1 Å². The molecular formula is C16H14BrN5O4S2. The Labute approximate surface area is 172 Å². The van der Waals surface area contributed by atoms with E-state index in [4.69, 9.17) is 5.14 Å². The highest BCUT2D eigenvalue weighted by atomic mass is 79.9. The molecule has 0 aliphatic heterocycles. The van der Waals surface area contributed by atoms with E-state index >= 15 is 0 Å². The quantitative estimate of drug-likeness (QED) is 0.392. The van der Waals surface area contributed by atoms with Crippen molar-refractivity contribution in [1.82, 2.24) is 15.2 Å². The van der Waals surface area contributed by atoms with Crippen LogP contribution in [0.4, 0.5) is 5.69 Å². The fraction of sp³-hybridized carbons (Fsp3) is 0.0625. The minimum absolute atomic E-state index is 0.0380. The highest BCUT2D eigenvalue weighted by Crippen LogP contribution is 2.30. The van der Waals surface area contributed by atoms with Crippen molar-refractivity contribution in [1.29, 1.82) is 0 Å². The molecule has 12 heteroatoms. The monoisotopic (exact) mass is 483 g/mol. The van der Waals surface area contributed by atoms with Crippen LogP contribution in [0.15, 0.2) is 57.0 Å². The maximum atomic E-state index is 12.1. The number of rotatable bonds is 6. The van der Waals surface area contributed by atoms with Gasteiger partial charge in [-0.3, -0.25) is 9.89 Å². The lowest BCUT2D eigenvalue weighted by molar-refractivity contribution is -0.113. The van der Waals surface area contributed by atoms with E-state index in [-0.39, 0.29) is 22.3 Å². The molecule has 0 aliphatic rings. The molecule has 0 atom stereocenters. The molecule has 1 aromatic heterocycles. The van der Waals surface area contributed by atoms with Gasteiger partial charge in [-0.15, -0.1) is 5.10 Å². The number of halogens is 1. The number of carbonyl (C=O) groups excluding carboxylic acids is 1. The predicted molar refractivity (Wildman–Crippen MR) is 108 cm³/mol. The zero-order valence-electron chi connectivity index (χ0n) is 14.1. The molecule has 9 nitrogen and oxygen atoms in total. The van der Waals surface area contributed by atoms with Crippen LogP contribution in [0.25, 0.3) is 11.4 Å². The molecule has 146 valence electrons. The van der Waals surface area contributed by atoms with Crippen molar-refractivity contribution in [2.75, 3.05) is 11.1 Å². The van der Waals surface area contributed by atoms with E-state index in [1.54, 1.807) is 12.1 Å². The van der Waals surface area contributed by atoms with Crippen molar-refractivity contribution in [3.05, 3.63) is 46.9 Å². The van der Waals surface area contributed by atoms with Gasteiger partial charge in [0.2, 0.25) is 21.1 Å². The molecule has 0 bridgehead atoms. The number of benzene rings is 2. The minimum Gasteiger partial charge on any atom is -0.507 e. The van der Waals surface area contributed by atoms with Crippen molar-refractivity contribution in [3.63, 3.8) is 0 Å². The van der Waals surface area contributed by atoms with Gasteiger partial charge in [0.1, 0.15) is 5.75 Å². The Hall–Kier alpha value is -2.41. The lowest BCUT2D eigenvalue weighted by atomic mass is 10.2. The van der Waals surface area contributed by atoms with Gasteiger partial charge in [-0.05, 0) is 42.5 Å². The fourth-order valence-electron chi connectivity index (χ4n) is 2.18. The number of phenolic OH excluding ortho intramolecular Hbond substituents is 1. The Morgan fingerprint density at radius 1 is 1.25 bits per heavy atom. The van der Waals surface area contributed by atoms with Gasteiger partial charge >= 0.3 is 0 Å². The lowest BCUT2D eigenvalue weighted by Gasteiger charge is -2.05. The summed E-state index contributed by atoms with van der Waals surface area (Å²) < 4.78 is 23.2. The Balaban J connectivity index is 1.59. The normalized spacial score (nSPS) is 11.4. The van der Waals surface area contributed by atoms with Crippen LogP contribution in [0, 0.1) is 0 Å². The number of aromatic hydroxyl groups is 1. The largest absolute Gasteiger partial charge is 0.507 e. The lowest BCUT2D eigenvalue weighted by Crippen LogP contribution is -2.15. The summed E-state index contributed by atoms with van der Waals surface area (Å²) in [5.74, 6) is 0.153. The fourth-order valence-corrected chi connectivity index (χ4v) is 3.66. The predicted octanol–water partition coefficient (Wildman–Crippen LogP) is 2.32. The highest BCUT2D eigenvalue weighted by Gasteiger charge is 2.13. The van der Waals surface area contributed by atoms with Gasteiger partial charge in [0.25, 0.3) is 0 Å². The Morgan fingerprint density at radius 3 is 2.64 bits per heavy atom. The number of primary sulfonamides is 1. The summed E-state index contributed by atoms with van der Waals surface area (Å²) in [5, 5.41) is 24.7. The zero-order chi connectivity index (χ0) is 20.3. The molecule has 1 heterocycles. The van der Waals surface area contributed by atoms with Crippen molar-refractivity contribution >= 4 is 49.3 Å². The molecule has 0 saturated heterocycles. The number of nitrogens with one attached hydrogen (secondary N) is 2. The number of amides is 1. The van der Waals surface area contributed by atoms with Gasteiger partial charge in [0.15, 0.2) is 5.82 Å². The number of sulfonamides is 1. The molecule has 5 N–H and O–H groups in total. The number of hydrogen-bond donors (Lipinski definition) is 4. The molecule has 1 amide bonds. The third-order valence-corrected chi connectivity index (χ3v) is 5.75. The van der Waals surface area contributed by atoms with Crippen LogP contribution in [0.5, 0.6) is 5.75 Å². The van der Waals surface area contributed by atoms with Crippen molar-refractivity contribution in [2.24, 2.45) is 5.14 Å². The second-order valence-electron chi connectivity index (χ2n) is 5.53. The summed E-state index contributed by atoms with van der Waals surface area (Å²) in [6.07, 6.45) is 0. The van der Waals surface area contributed by atoms with Crippen LogP contribution in [-0.4, -0.2) is 40.4 Å². The van der Waals surface area contributed by atoms with Crippen LogP contribution >= 0.6 is 27.7 Å². The van der Waals surface area contributed by atoms with Gasteiger partial charge in [-0.25, -0.2) is 18.5 Å². The first kappa shape index (κ1) is 20.3. The van der Waals surface area contributed by atoms with E-state index < -0.39 is 10.0 Å². The average molecular weight is 484 g/mol. The number of hydrogen-bond acceptors (Lipinski definition) is 7. The van der Waals surface area contributed by atoms with Gasteiger partial charge < -0.3 is 10.4 Å². The summed E-state index contributed by atoms with van der Waals surface area (Å²) >= 11 is 4.43. The van der Waals surface area contributed by atoms with E-state index in [1.807, 2.05) is 0 Å². The molecule has 0 radical (unpaired) electrons. The minimum atomic E-state index is -3.78. The first-order valence-corrected chi connectivity index (χ1v) is 11.0. The van der Waals surface area contributed by atoms with Crippen LogP contribution < -0.4 is 10.5 Å². The van der Waals surface area contributed by atoms with Crippen LogP contribution in [0.3, 0.4) is 0 Å². The van der Waals surface area contributed by atoms with E-state index in [0.717, 1.165) is 16.2 Å². The Morgan fingerprint density at radius 2 is 1.96 bits per heavy atom.